The molecule has 1 N–H and O–H groups in total. The minimum absolute atomic E-state index is 0.0517. The zero-order valence-electron chi connectivity index (χ0n) is 12.3. The highest BCUT2D eigenvalue weighted by atomic mass is 19.1. The summed E-state index contributed by atoms with van der Waals surface area (Å²) in [6, 6.07) is 6.10. The number of aliphatic hydroxyl groups excluding tert-OH is 1. The van der Waals surface area contributed by atoms with Gasteiger partial charge in [-0.25, -0.2) is 4.39 Å². The third-order valence-electron chi connectivity index (χ3n) is 3.35. The first-order chi connectivity index (χ1) is 9.54. The summed E-state index contributed by atoms with van der Waals surface area (Å²) >= 11 is 0. The Morgan fingerprint density at radius 1 is 1.20 bits per heavy atom. The van der Waals surface area contributed by atoms with E-state index in [1.807, 2.05) is 0 Å². The Morgan fingerprint density at radius 3 is 2.35 bits per heavy atom. The van der Waals surface area contributed by atoms with Crippen LogP contribution in [-0.2, 0) is 0 Å². The van der Waals surface area contributed by atoms with Crippen molar-refractivity contribution >= 4 is 5.78 Å². The van der Waals surface area contributed by atoms with Gasteiger partial charge in [-0.2, -0.15) is 0 Å². The van der Waals surface area contributed by atoms with E-state index in [0.717, 1.165) is 25.9 Å². The second-order valence-electron chi connectivity index (χ2n) is 5.24. The van der Waals surface area contributed by atoms with Crippen LogP contribution in [0.2, 0.25) is 0 Å². The van der Waals surface area contributed by atoms with Crippen molar-refractivity contribution in [3.05, 3.63) is 35.6 Å². The Balaban J connectivity index is 2.38. The quantitative estimate of drug-likeness (QED) is 0.708. The van der Waals surface area contributed by atoms with Gasteiger partial charge in [0.2, 0.25) is 0 Å². The maximum Gasteiger partial charge on any atom is 0.162 e. The van der Waals surface area contributed by atoms with Crippen LogP contribution in [0.25, 0.3) is 0 Å². The van der Waals surface area contributed by atoms with Gasteiger partial charge in [0.25, 0.3) is 0 Å². The molecule has 0 aliphatic carbocycles. The highest BCUT2D eigenvalue weighted by molar-refractivity contribution is 5.95. The van der Waals surface area contributed by atoms with Crippen molar-refractivity contribution in [1.29, 1.82) is 0 Å². The van der Waals surface area contributed by atoms with Gasteiger partial charge in [-0.1, -0.05) is 0 Å². The highest BCUT2D eigenvalue weighted by Crippen LogP contribution is 2.09. The van der Waals surface area contributed by atoms with Crippen LogP contribution in [0.4, 0.5) is 4.39 Å². The van der Waals surface area contributed by atoms with E-state index in [2.05, 4.69) is 18.7 Å². The van der Waals surface area contributed by atoms with Crippen molar-refractivity contribution < 1.29 is 14.3 Å². The minimum atomic E-state index is -0.323. The first-order valence-electron chi connectivity index (χ1n) is 7.18. The van der Waals surface area contributed by atoms with Crippen LogP contribution >= 0.6 is 0 Å². The second-order valence-corrected chi connectivity index (χ2v) is 5.24. The fraction of sp³-hybridized carbons (Fsp3) is 0.562. The Kier molecular flexibility index (Phi) is 7.41. The second kappa shape index (κ2) is 8.82. The topological polar surface area (TPSA) is 40.5 Å². The number of benzene rings is 1. The highest BCUT2D eigenvalue weighted by Gasteiger charge is 2.11. The van der Waals surface area contributed by atoms with Gasteiger partial charge in [-0.15, -0.1) is 0 Å². The molecule has 0 aliphatic heterocycles. The summed E-state index contributed by atoms with van der Waals surface area (Å²) in [6.07, 6.45) is 2.00. The van der Waals surface area contributed by atoms with E-state index in [9.17, 15) is 9.18 Å². The molecule has 1 aromatic carbocycles. The predicted molar refractivity (Wildman–Crippen MR) is 78.4 cm³/mol. The van der Waals surface area contributed by atoms with Crippen molar-refractivity contribution in [2.45, 2.75) is 39.2 Å². The number of carbonyl (C=O) groups excluding carboxylic acids is 1. The van der Waals surface area contributed by atoms with Crippen molar-refractivity contribution in [2.24, 2.45) is 0 Å². The summed E-state index contributed by atoms with van der Waals surface area (Å²) < 4.78 is 12.8. The van der Waals surface area contributed by atoms with E-state index in [1.165, 1.54) is 24.3 Å². The standard InChI is InChI=1S/C16H24FNO2/c1-13(2)18(11-4-12-19)10-3-5-16(20)14-6-8-15(17)9-7-14/h6-9,13,19H,3-5,10-12H2,1-2H3. The molecule has 0 atom stereocenters. The van der Waals surface area contributed by atoms with E-state index < -0.39 is 0 Å². The smallest absolute Gasteiger partial charge is 0.162 e. The molecule has 3 nitrogen and oxygen atoms in total. The van der Waals surface area contributed by atoms with Crippen molar-refractivity contribution in [3.8, 4) is 0 Å². The first-order valence-corrected chi connectivity index (χ1v) is 7.18. The van der Waals surface area contributed by atoms with Gasteiger partial charge in [0.1, 0.15) is 5.82 Å². The number of halogens is 1. The van der Waals surface area contributed by atoms with Crippen LogP contribution in [0.15, 0.2) is 24.3 Å². The first kappa shape index (κ1) is 16.8. The van der Waals surface area contributed by atoms with E-state index in [1.54, 1.807) is 0 Å². The van der Waals surface area contributed by atoms with Gasteiger partial charge in [0.05, 0.1) is 0 Å². The van der Waals surface area contributed by atoms with E-state index in [4.69, 9.17) is 5.11 Å². The summed E-state index contributed by atoms with van der Waals surface area (Å²) in [6.45, 7) is 6.10. The molecule has 0 spiro atoms. The minimum Gasteiger partial charge on any atom is -0.396 e. The lowest BCUT2D eigenvalue weighted by Gasteiger charge is -2.25. The number of hydrogen-bond acceptors (Lipinski definition) is 3. The molecule has 0 aromatic heterocycles. The predicted octanol–water partition coefficient (Wildman–Crippen LogP) is 2.88. The molecule has 0 radical (unpaired) electrons. The summed E-state index contributed by atoms with van der Waals surface area (Å²) in [5.41, 5.74) is 0.567. The molecule has 0 fully saturated rings. The number of hydrogen-bond donors (Lipinski definition) is 1. The number of Topliss-reactive ketones (excluding diaryl/α,β-unsaturated/α-hetero) is 1. The van der Waals surface area contributed by atoms with Gasteiger partial charge in [0, 0.05) is 31.2 Å². The van der Waals surface area contributed by atoms with Crippen LogP contribution in [-0.4, -0.2) is 41.5 Å². The lowest BCUT2D eigenvalue weighted by molar-refractivity contribution is 0.0970. The Morgan fingerprint density at radius 2 is 1.80 bits per heavy atom. The molecular formula is C16H24FNO2. The van der Waals surface area contributed by atoms with E-state index in [0.29, 0.717) is 18.0 Å². The number of nitrogens with zero attached hydrogens (tertiary/aromatic N) is 1. The molecule has 0 saturated heterocycles. The Hall–Kier alpha value is -1.26. The average molecular weight is 281 g/mol. The SMILES string of the molecule is CC(C)N(CCCO)CCCC(=O)c1ccc(F)cc1. The summed E-state index contributed by atoms with van der Waals surface area (Å²) in [7, 11) is 0. The molecule has 0 aliphatic rings. The lowest BCUT2D eigenvalue weighted by atomic mass is 10.1. The molecule has 0 heterocycles. The molecule has 0 unspecified atom stereocenters. The largest absolute Gasteiger partial charge is 0.396 e. The molecule has 1 aromatic rings. The van der Waals surface area contributed by atoms with Crippen LogP contribution in [0, 0.1) is 5.82 Å². The molecule has 1 rings (SSSR count). The molecular weight excluding hydrogens is 257 g/mol. The van der Waals surface area contributed by atoms with E-state index in [-0.39, 0.29) is 18.2 Å². The normalized spacial score (nSPS) is 11.3. The maximum atomic E-state index is 12.8. The summed E-state index contributed by atoms with van der Waals surface area (Å²) in [5.74, 6) is -0.271. The monoisotopic (exact) mass is 281 g/mol. The zero-order chi connectivity index (χ0) is 15.0. The third-order valence-corrected chi connectivity index (χ3v) is 3.35. The van der Waals surface area contributed by atoms with Crippen LogP contribution in [0.5, 0.6) is 0 Å². The van der Waals surface area contributed by atoms with Gasteiger partial charge >= 0.3 is 0 Å². The van der Waals surface area contributed by atoms with Gasteiger partial charge in [-0.05, 0) is 57.5 Å². The number of carbonyl (C=O) groups is 1. The van der Waals surface area contributed by atoms with Crippen molar-refractivity contribution in [1.82, 2.24) is 4.90 Å². The maximum absolute atomic E-state index is 12.8. The van der Waals surface area contributed by atoms with Gasteiger partial charge in [0.15, 0.2) is 5.78 Å². The number of aliphatic hydroxyl groups is 1. The van der Waals surface area contributed by atoms with Crippen LogP contribution in [0.3, 0.4) is 0 Å². The number of ketones is 1. The lowest BCUT2D eigenvalue weighted by Crippen LogP contribution is -2.33. The Labute approximate surface area is 120 Å². The Bertz CT molecular complexity index is 403. The molecule has 0 saturated carbocycles. The van der Waals surface area contributed by atoms with Crippen molar-refractivity contribution in [2.75, 3.05) is 19.7 Å². The van der Waals surface area contributed by atoms with E-state index >= 15 is 0 Å². The number of rotatable bonds is 9. The van der Waals surface area contributed by atoms with Crippen LogP contribution in [0.1, 0.15) is 43.5 Å². The van der Waals surface area contributed by atoms with Crippen LogP contribution < -0.4 is 0 Å². The molecule has 0 amide bonds. The third kappa shape index (κ3) is 5.80. The molecule has 0 bridgehead atoms. The summed E-state index contributed by atoms with van der Waals surface area (Å²) in [5, 5.41) is 8.87. The molecule has 20 heavy (non-hydrogen) atoms. The van der Waals surface area contributed by atoms with Gasteiger partial charge in [-0.3, -0.25) is 4.79 Å². The average Bonchev–Trinajstić information content (AvgIpc) is 2.42. The molecule has 4 heteroatoms. The van der Waals surface area contributed by atoms with Gasteiger partial charge < -0.3 is 10.0 Å². The zero-order valence-corrected chi connectivity index (χ0v) is 12.3. The fourth-order valence-corrected chi connectivity index (χ4v) is 2.12. The fourth-order valence-electron chi connectivity index (χ4n) is 2.12. The summed E-state index contributed by atoms with van der Waals surface area (Å²) in [4.78, 5) is 14.2. The van der Waals surface area contributed by atoms with Crippen molar-refractivity contribution in [3.63, 3.8) is 0 Å². The molecule has 112 valence electrons.